The number of nitrogens with zero attached hydrogens (tertiary/aromatic N) is 1. The Balaban J connectivity index is 2.50. The summed E-state index contributed by atoms with van der Waals surface area (Å²) in [7, 11) is 1.66. The fourth-order valence-corrected chi connectivity index (χ4v) is 1.64. The molecule has 0 aromatic heterocycles. The Hall–Kier alpha value is -0.610. The fourth-order valence-electron chi connectivity index (χ4n) is 1.64. The average Bonchev–Trinajstić information content (AvgIpc) is 2.20. The third kappa shape index (κ3) is 3.27. The number of ether oxygens (including phenoxy) is 1. The molecule has 0 atom stereocenters. The number of carbonyl (C=O) groups excluding carboxylic acids is 1. The molecule has 82 valence electrons. The van der Waals surface area contributed by atoms with Crippen LogP contribution >= 0.6 is 0 Å². The van der Waals surface area contributed by atoms with E-state index in [1.54, 1.807) is 7.11 Å². The van der Waals surface area contributed by atoms with Gasteiger partial charge in [-0.15, -0.1) is 0 Å². The van der Waals surface area contributed by atoms with Crippen LogP contribution in [0.3, 0.4) is 0 Å². The minimum Gasteiger partial charge on any atom is -0.383 e. The van der Waals surface area contributed by atoms with Crippen molar-refractivity contribution in [1.29, 1.82) is 0 Å². The molecular weight excluding hydrogens is 180 g/mol. The summed E-state index contributed by atoms with van der Waals surface area (Å²) < 4.78 is 4.97. The molecule has 0 saturated carbocycles. The van der Waals surface area contributed by atoms with Gasteiger partial charge in [0.05, 0.1) is 6.61 Å². The second-order valence-electron chi connectivity index (χ2n) is 4.36. The first-order chi connectivity index (χ1) is 6.55. The van der Waals surface area contributed by atoms with Gasteiger partial charge >= 0.3 is 0 Å². The Morgan fingerprint density at radius 3 is 2.93 bits per heavy atom. The van der Waals surface area contributed by atoms with E-state index in [9.17, 15) is 4.79 Å². The fraction of sp³-hybridized carbons (Fsp3) is 0.900. The number of rotatable bonds is 3. The van der Waals surface area contributed by atoms with E-state index in [-0.39, 0.29) is 11.4 Å². The van der Waals surface area contributed by atoms with Crippen molar-refractivity contribution >= 4 is 5.91 Å². The monoisotopic (exact) mass is 200 g/mol. The molecule has 1 rings (SSSR count). The highest BCUT2D eigenvalue weighted by Gasteiger charge is 2.27. The number of methoxy groups -OCH3 is 1. The first kappa shape index (κ1) is 11.5. The minimum atomic E-state index is -0.0705. The van der Waals surface area contributed by atoms with E-state index >= 15 is 0 Å². The van der Waals surface area contributed by atoms with Crippen LogP contribution in [0.4, 0.5) is 0 Å². The predicted molar refractivity (Wildman–Crippen MR) is 55.2 cm³/mol. The van der Waals surface area contributed by atoms with Crippen LogP contribution in [0.25, 0.3) is 0 Å². The molecule has 14 heavy (non-hydrogen) atoms. The van der Waals surface area contributed by atoms with E-state index in [1.807, 2.05) is 4.90 Å². The molecule has 0 unspecified atom stereocenters. The van der Waals surface area contributed by atoms with E-state index in [1.165, 1.54) is 0 Å². The zero-order valence-electron chi connectivity index (χ0n) is 9.30. The quantitative estimate of drug-likeness (QED) is 0.709. The van der Waals surface area contributed by atoms with Crippen LogP contribution < -0.4 is 5.32 Å². The standard InChI is InChI=1S/C10H20N2O2/c1-10(2)8-9(13)12(5-4-11-10)6-7-14-3/h11H,4-8H2,1-3H3. The lowest BCUT2D eigenvalue weighted by Crippen LogP contribution is -2.39. The van der Waals surface area contributed by atoms with Crippen LogP contribution in [0.2, 0.25) is 0 Å². The van der Waals surface area contributed by atoms with Crippen LogP contribution in [0.15, 0.2) is 0 Å². The maximum Gasteiger partial charge on any atom is 0.224 e. The summed E-state index contributed by atoms with van der Waals surface area (Å²) in [6.45, 7) is 7.09. The van der Waals surface area contributed by atoms with Gasteiger partial charge < -0.3 is 15.0 Å². The van der Waals surface area contributed by atoms with Crippen molar-refractivity contribution in [3.63, 3.8) is 0 Å². The molecule has 0 bridgehead atoms. The summed E-state index contributed by atoms with van der Waals surface area (Å²) in [4.78, 5) is 13.6. The van der Waals surface area contributed by atoms with Crippen LogP contribution in [0, 0.1) is 0 Å². The van der Waals surface area contributed by atoms with E-state index in [4.69, 9.17) is 4.74 Å². The van der Waals surface area contributed by atoms with Gasteiger partial charge in [0.15, 0.2) is 0 Å². The van der Waals surface area contributed by atoms with Crippen molar-refractivity contribution in [2.75, 3.05) is 33.4 Å². The Bertz CT molecular complexity index is 204. The van der Waals surface area contributed by atoms with E-state index in [0.29, 0.717) is 19.6 Å². The zero-order valence-corrected chi connectivity index (χ0v) is 9.30. The van der Waals surface area contributed by atoms with Crippen LogP contribution in [0.5, 0.6) is 0 Å². The van der Waals surface area contributed by atoms with Gasteiger partial charge in [-0.3, -0.25) is 4.79 Å². The molecular formula is C10H20N2O2. The molecule has 0 radical (unpaired) electrons. The summed E-state index contributed by atoms with van der Waals surface area (Å²) >= 11 is 0. The largest absolute Gasteiger partial charge is 0.383 e. The second-order valence-corrected chi connectivity index (χ2v) is 4.36. The first-order valence-electron chi connectivity index (χ1n) is 5.07. The summed E-state index contributed by atoms with van der Waals surface area (Å²) in [5, 5.41) is 3.35. The molecule has 0 aromatic rings. The molecule has 1 aliphatic heterocycles. The van der Waals surface area contributed by atoms with Gasteiger partial charge in [0, 0.05) is 38.7 Å². The lowest BCUT2D eigenvalue weighted by molar-refractivity contribution is -0.131. The van der Waals surface area contributed by atoms with Crippen LogP contribution in [-0.2, 0) is 9.53 Å². The number of amides is 1. The lowest BCUT2D eigenvalue weighted by Gasteiger charge is -2.23. The molecule has 0 spiro atoms. The highest BCUT2D eigenvalue weighted by atomic mass is 16.5. The normalized spacial score (nSPS) is 22.2. The Morgan fingerprint density at radius 1 is 1.57 bits per heavy atom. The van der Waals surface area contributed by atoms with Gasteiger partial charge in [-0.1, -0.05) is 0 Å². The van der Waals surface area contributed by atoms with Gasteiger partial charge in [-0.25, -0.2) is 0 Å². The van der Waals surface area contributed by atoms with Gasteiger partial charge in [-0.2, -0.15) is 0 Å². The van der Waals surface area contributed by atoms with Gasteiger partial charge in [0.2, 0.25) is 5.91 Å². The van der Waals surface area contributed by atoms with Crippen molar-refractivity contribution in [1.82, 2.24) is 10.2 Å². The van der Waals surface area contributed by atoms with E-state index in [0.717, 1.165) is 13.1 Å². The maximum absolute atomic E-state index is 11.8. The zero-order chi connectivity index (χ0) is 10.6. The molecule has 1 heterocycles. The Kier molecular flexibility index (Phi) is 3.89. The molecule has 4 nitrogen and oxygen atoms in total. The van der Waals surface area contributed by atoms with E-state index < -0.39 is 0 Å². The summed E-state index contributed by atoms with van der Waals surface area (Å²) in [5.74, 6) is 0.219. The van der Waals surface area contributed by atoms with Crippen molar-refractivity contribution in [2.45, 2.75) is 25.8 Å². The van der Waals surface area contributed by atoms with E-state index in [2.05, 4.69) is 19.2 Å². The highest BCUT2D eigenvalue weighted by molar-refractivity contribution is 5.77. The van der Waals surface area contributed by atoms with Gasteiger partial charge in [0.25, 0.3) is 0 Å². The maximum atomic E-state index is 11.8. The number of nitrogens with one attached hydrogen (secondary N) is 1. The third-order valence-electron chi connectivity index (χ3n) is 2.50. The molecule has 1 fully saturated rings. The highest BCUT2D eigenvalue weighted by Crippen LogP contribution is 2.13. The molecule has 4 heteroatoms. The summed E-state index contributed by atoms with van der Waals surface area (Å²) in [5.41, 5.74) is -0.0705. The molecule has 1 amide bonds. The van der Waals surface area contributed by atoms with Crippen LogP contribution in [0.1, 0.15) is 20.3 Å². The Labute approximate surface area is 85.6 Å². The van der Waals surface area contributed by atoms with Gasteiger partial charge in [0.1, 0.15) is 0 Å². The molecule has 0 aliphatic carbocycles. The molecule has 1 saturated heterocycles. The third-order valence-corrected chi connectivity index (χ3v) is 2.50. The van der Waals surface area contributed by atoms with Crippen molar-refractivity contribution < 1.29 is 9.53 Å². The van der Waals surface area contributed by atoms with Crippen LogP contribution in [-0.4, -0.2) is 49.7 Å². The number of hydrogen-bond acceptors (Lipinski definition) is 3. The Morgan fingerprint density at radius 2 is 2.29 bits per heavy atom. The summed E-state index contributed by atoms with van der Waals surface area (Å²) in [6, 6.07) is 0. The predicted octanol–water partition coefficient (Wildman–Crippen LogP) is 0.233. The first-order valence-corrected chi connectivity index (χ1v) is 5.07. The minimum absolute atomic E-state index is 0.0705. The SMILES string of the molecule is COCCN1CCNC(C)(C)CC1=O. The topological polar surface area (TPSA) is 41.6 Å². The number of hydrogen-bond donors (Lipinski definition) is 1. The molecule has 1 N–H and O–H groups in total. The second kappa shape index (κ2) is 4.75. The molecule has 0 aromatic carbocycles. The lowest BCUT2D eigenvalue weighted by atomic mass is 10.0. The van der Waals surface area contributed by atoms with Gasteiger partial charge in [-0.05, 0) is 13.8 Å². The average molecular weight is 200 g/mol. The summed E-state index contributed by atoms with van der Waals surface area (Å²) in [6.07, 6.45) is 0.566. The number of carbonyl (C=O) groups is 1. The van der Waals surface area contributed by atoms with Crippen molar-refractivity contribution in [3.05, 3.63) is 0 Å². The molecule has 1 aliphatic rings. The van der Waals surface area contributed by atoms with Crippen molar-refractivity contribution in [3.8, 4) is 0 Å². The smallest absolute Gasteiger partial charge is 0.224 e. The van der Waals surface area contributed by atoms with Crippen molar-refractivity contribution in [2.24, 2.45) is 0 Å².